The molecule has 1 unspecified atom stereocenters. The molecule has 1 aromatic carbocycles. The van der Waals surface area contributed by atoms with Crippen molar-refractivity contribution in [3.05, 3.63) is 53.6 Å². The number of likely N-dealkylation sites (tertiary alicyclic amines) is 1. The van der Waals surface area contributed by atoms with Gasteiger partial charge in [-0.05, 0) is 43.0 Å². The molecule has 4 rings (SSSR count). The van der Waals surface area contributed by atoms with Gasteiger partial charge in [0.2, 0.25) is 0 Å². The van der Waals surface area contributed by atoms with Crippen LogP contribution in [0.4, 0.5) is 9.18 Å². The molecule has 0 spiro atoms. The van der Waals surface area contributed by atoms with E-state index in [1.54, 1.807) is 0 Å². The van der Waals surface area contributed by atoms with E-state index in [2.05, 4.69) is 20.0 Å². The molecule has 2 aliphatic heterocycles. The van der Waals surface area contributed by atoms with Gasteiger partial charge < -0.3 is 10.2 Å². The Bertz CT molecular complexity index is 769. The summed E-state index contributed by atoms with van der Waals surface area (Å²) in [6.45, 7) is 4.85. The third-order valence-corrected chi connectivity index (χ3v) is 5.42. The molecule has 0 bridgehead atoms. The fourth-order valence-corrected chi connectivity index (χ4v) is 4.02. The number of amides is 2. The minimum absolute atomic E-state index is 0.0483. The largest absolute Gasteiger partial charge is 0.338 e. The van der Waals surface area contributed by atoms with Gasteiger partial charge in [0.05, 0.1) is 11.7 Å². The summed E-state index contributed by atoms with van der Waals surface area (Å²) in [4.78, 5) is 16.4. The Morgan fingerprint density at radius 1 is 1.19 bits per heavy atom. The van der Waals surface area contributed by atoms with Crippen molar-refractivity contribution in [2.24, 2.45) is 0 Å². The van der Waals surface area contributed by atoms with Gasteiger partial charge in [0.1, 0.15) is 5.82 Å². The van der Waals surface area contributed by atoms with E-state index in [9.17, 15) is 9.18 Å². The summed E-state index contributed by atoms with van der Waals surface area (Å²) in [5.74, 6) is -0.206. The third kappa shape index (κ3) is 4.30. The summed E-state index contributed by atoms with van der Waals surface area (Å²) in [6, 6.07) is 9.02. The number of hydrogen-bond donors (Lipinski definition) is 1. The van der Waals surface area contributed by atoms with Gasteiger partial charge in [0, 0.05) is 45.5 Å². The Balaban J connectivity index is 1.35. The molecule has 7 heteroatoms. The van der Waals surface area contributed by atoms with E-state index in [1.165, 1.54) is 17.8 Å². The van der Waals surface area contributed by atoms with Crippen LogP contribution in [0.3, 0.4) is 0 Å². The van der Waals surface area contributed by atoms with Gasteiger partial charge in [-0.3, -0.25) is 9.58 Å². The van der Waals surface area contributed by atoms with Crippen molar-refractivity contribution in [1.82, 2.24) is 24.9 Å². The van der Waals surface area contributed by atoms with Gasteiger partial charge >= 0.3 is 6.03 Å². The van der Waals surface area contributed by atoms with Gasteiger partial charge in [-0.2, -0.15) is 5.10 Å². The van der Waals surface area contributed by atoms with Crippen LogP contribution in [0.1, 0.15) is 36.6 Å². The van der Waals surface area contributed by atoms with Crippen LogP contribution in [0, 0.1) is 5.82 Å². The highest BCUT2D eigenvalue weighted by Crippen LogP contribution is 2.24. The summed E-state index contributed by atoms with van der Waals surface area (Å²) in [7, 11) is 0. The van der Waals surface area contributed by atoms with Crippen LogP contribution >= 0.6 is 0 Å². The lowest BCUT2D eigenvalue weighted by Crippen LogP contribution is -2.41. The molecule has 1 fully saturated rings. The molecule has 0 radical (unpaired) electrons. The van der Waals surface area contributed by atoms with Crippen molar-refractivity contribution >= 4 is 6.03 Å². The lowest BCUT2D eigenvalue weighted by molar-refractivity contribution is 0.160. The Morgan fingerprint density at radius 2 is 1.96 bits per heavy atom. The van der Waals surface area contributed by atoms with Crippen molar-refractivity contribution in [2.75, 3.05) is 26.2 Å². The van der Waals surface area contributed by atoms with Crippen LogP contribution in [0.5, 0.6) is 0 Å². The van der Waals surface area contributed by atoms with E-state index < -0.39 is 0 Å². The standard InChI is InChI=1S/C20H26FN5O/c21-17-5-3-16(4-6-17)13-24-14-18(26-19(15-24)8-10-23-26)7-9-22-20(27)25-11-1-2-12-25/h3-6,8,10,18H,1-2,7,9,11-15H2,(H,22,27). The quantitative estimate of drug-likeness (QED) is 0.879. The van der Waals surface area contributed by atoms with Gasteiger partial charge in [-0.1, -0.05) is 12.1 Å². The highest BCUT2D eigenvalue weighted by molar-refractivity contribution is 5.74. The molecule has 3 heterocycles. The molecule has 0 saturated carbocycles. The summed E-state index contributed by atoms with van der Waals surface area (Å²) in [5.41, 5.74) is 2.28. The fraction of sp³-hybridized carbons (Fsp3) is 0.500. The topological polar surface area (TPSA) is 53.4 Å². The zero-order chi connectivity index (χ0) is 18.6. The lowest BCUT2D eigenvalue weighted by atomic mass is 10.1. The highest BCUT2D eigenvalue weighted by atomic mass is 19.1. The van der Waals surface area contributed by atoms with Crippen LogP contribution < -0.4 is 5.32 Å². The summed E-state index contributed by atoms with van der Waals surface area (Å²) in [5, 5.41) is 7.54. The number of fused-ring (bicyclic) bond motifs is 1. The fourth-order valence-electron chi connectivity index (χ4n) is 4.02. The van der Waals surface area contributed by atoms with Crippen molar-refractivity contribution in [3.63, 3.8) is 0 Å². The van der Waals surface area contributed by atoms with Gasteiger partial charge in [0.25, 0.3) is 0 Å². The number of benzene rings is 1. The number of nitrogens with zero attached hydrogens (tertiary/aromatic N) is 4. The van der Waals surface area contributed by atoms with Gasteiger partial charge in [-0.15, -0.1) is 0 Å². The van der Waals surface area contributed by atoms with Crippen LogP contribution in [0.15, 0.2) is 36.5 Å². The van der Waals surface area contributed by atoms with Gasteiger partial charge in [-0.25, -0.2) is 9.18 Å². The number of carbonyl (C=O) groups is 1. The highest BCUT2D eigenvalue weighted by Gasteiger charge is 2.26. The predicted octanol–water partition coefficient (Wildman–Crippen LogP) is 2.77. The molecule has 1 atom stereocenters. The summed E-state index contributed by atoms with van der Waals surface area (Å²) in [6.07, 6.45) is 4.89. The van der Waals surface area contributed by atoms with Crippen molar-refractivity contribution in [3.8, 4) is 0 Å². The Hall–Kier alpha value is -2.41. The van der Waals surface area contributed by atoms with E-state index in [0.717, 1.165) is 57.5 Å². The normalized spacial score (nSPS) is 19.9. The Morgan fingerprint density at radius 3 is 2.74 bits per heavy atom. The first-order valence-corrected chi connectivity index (χ1v) is 9.71. The van der Waals surface area contributed by atoms with Crippen molar-refractivity contribution < 1.29 is 9.18 Å². The molecule has 6 nitrogen and oxygen atoms in total. The number of urea groups is 1. The Labute approximate surface area is 158 Å². The molecule has 0 aliphatic carbocycles. The number of carbonyl (C=O) groups excluding carboxylic acids is 1. The minimum Gasteiger partial charge on any atom is -0.338 e. The van der Waals surface area contributed by atoms with Gasteiger partial charge in [0.15, 0.2) is 0 Å². The molecule has 2 amide bonds. The lowest BCUT2D eigenvalue weighted by Gasteiger charge is -2.34. The smallest absolute Gasteiger partial charge is 0.317 e. The maximum absolute atomic E-state index is 13.1. The maximum atomic E-state index is 13.1. The second kappa shape index (κ2) is 8.08. The molecular weight excluding hydrogens is 345 g/mol. The van der Waals surface area contributed by atoms with E-state index in [-0.39, 0.29) is 17.9 Å². The number of hydrogen-bond acceptors (Lipinski definition) is 3. The number of aromatic nitrogens is 2. The Kier molecular flexibility index (Phi) is 5.38. The molecule has 1 N–H and O–H groups in total. The summed E-state index contributed by atoms with van der Waals surface area (Å²) < 4.78 is 15.2. The van der Waals surface area contributed by atoms with E-state index in [4.69, 9.17) is 0 Å². The second-order valence-electron chi connectivity index (χ2n) is 7.43. The monoisotopic (exact) mass is 371 g/mol. The van der Waals surface area contributed by atoms with Crippen LogP contribution in [-0.4, -0.2) is 51.8 Å². The van der Waals surface area contributed by atoms with E-state index in [1.807, 2.05) is 29.3 Å². The zero-order valence-corrected chi connectivity index (χ0v) is 15.5. The molecule has 144 valence electrons. The first-order chi connectivity index (χ1) is 13.2. The number of halogens is 1. The minimum atomic E-state index is -0.206. The molecule has 1 saturated heterocycles. The van der Waals surface area contributed by atoms with Crippen molar-refractivity contribution in [1.29, 1.82) is 0 Å². The molecular formula is C20H26FN5O. The van der Waals surface area contributed by atoms with E-state index in [0.29, 0.717) is 6.54 Å². The summed E-state index contributed by atoms with van der Waals surface area (Å²) >= 11 is 0. The molecule has 27 heavy (non-hydrogen) atoms. The third-order valence-electron chi connectivity index (χ3n) is 5.42. The van der Waals surface area contributed by atoms with Crippen LogP contribution in [0.25, 0.3) is 0 Å². The molecule has 2 aromatic rings. The number of nitrogens with one attached hydrogen (secondary N) is 1. The maximum Gasteiger partial charge on any atom is 0.317 e. The predicted molar refractivity (Wildman–Crippen MR) is 101 cm³/mol. The average molecular weight is 371 g/mol. The van der Waals surface area contributed by atoms with Crippen molar-refractivity contribution in [2.45, 2.75) is 38.4 Å². The average Bonchev–Trinajstić information content (AvgIpc) is 3.35. The second-order valence-corrected chi connectivity index (χ2v) is 7.43. The van der Waals surface area contributed by atoms with Crippen LogP contribution in [0.2, 0.25) is 0 Å². The first-order valence-electron chi connectivity index (χ1n) is 9.71. The van der Waals surface area contributed by atoms with Crippen LogP contribution in [-0.2, 0) is 13.1 Å². The number of rotatable bonds is 5. The van der Waals surface area contributed by atoms with E-state index >= 15 is 0 Å². The zero-order valence-electron chi connectivity index (χ0n) is 15.5. The molecule has 1 aromatic heterocycles. The first kappa shape index (κ1) is 18.0. The molecule has 2 aliphatic rings. The SMILES string of the molecule is O=C(NCCC1CN(Cc2ccc(F)cc2)Cc2ccnn21)N1CCCC1.